The van der Waals surface area contributed by atoms with E-state index in [2.05, 4.69) is 20.8 Å². The number of nitrogens with one attached hydrogen (secondary N) is 2. The number of amides is 1. The Morgan fingerprint density at radius 3 is 2.37 bits per heavy atom. The molecule has 0 spiro atoms. The molecule has 0 saturated carbocycles. The zero-order valence-electron chi connectivity index (χ0n) is 15.6. The van der Waals surface area contributed by atoms with Crippen molar-refractivity contribution in [1.29, 1.82) is 0 Å². The van der Waals surface area contributed by atoms with Crippen molar-refractivity contribution in [2.45, 2.75) is 20.8 Å². The third-order valence-corrected chi connectivity index (χ3v) is 4.07. The van der Waals surface area contributed by atoms with E-state index in [-0.39, 0.29) is 11.6 Å². The number of anilines is 3. The monoisotopic (exact) mass is 362 g/mol. The molecule has 2 aromatic carbocycles. The third-order valence-electron chi connectivity index (χ3n) is 4.07. The van der Waals surface area contributed by atoms with Gasteiger partial charge < -0.3 is 15.4 Å². The van der Waals surface area contributed by atoms with Gasteiger partial charge in [-0.05, 0) is 56.2 Å². The van der Waals surface area contributed by atoms with Crippen LogP contribution in [0, 0.1) is 13.8 Å². The molecular formula is C21H22N4O2. The minimum atomic E-state index is -0.291. The van der Waals surface area contributed by atoms with Crippen molar-refractivity contribution < 1.29 is 9.53 Å². The van der Waals surface area contributed by atoms with Gasteiger partial charge in [0.15, 0.2) is 11.5 Å². The van der Waals surface area contributed by atoms with Gasteiger partial charge in [-0.25, -0.2) is 0 Å². The maximum absolute atomic E-state index is 12.5. The first-order valence-electron chi connectivity index (χ1n) is 8.78. The van der Waals surface area contributed by atoms with Crippen molar-refractivity contribution in [2.24, 2.45) is 0 Å². The van der Waals surface area contributed by atoms with Crippen LogP contribution in [-0.4, -0.2) is 22.7 Å². The van der Waals surface area contributed by atoms with Gasteiger partial charge in [-0.1, -0.05) is 30.3 Å². The van der Waals surface area contributed by atoms with Crippen LogP contribution in [0.1, 0.15) is 28.5 Å². The number of aryl methyl sites for hydroxylation is 2. The Bertz CT molecular complexity index is 919. The number of benzene rings is 2. The molecule has 27 heavy (non-hydrogen) atoms. The second-order valence-electron chi connectivity index (χ2n) is 6.08. The number of nitrogens with zero attached hydrogens (tertiary/aromatic N) is 2. The average Bonchev–Trinajstić information content (AvgIpc) is 2.67. The normalized spacial score (nSPS) is 10.3. The fourth-order valence-corrected chi connectivity index (χ4v) is 2.70. The van der Waals surface area contributed by atoms with E-state index in [1.54, 1.807) is 12.1 Å². The highest BCUT2D eigenvalue weighted by Crippen LogP contribution is 2.26. The van der Waals surface area contributed by atoms with Gasteiger partial charge in [0.25, 0.3) is 5.91 Å². The van der Waals surface area contributed by atoms with Crippen LogP contribution in [0.2, 0.25) is 0 Å². The molecule has 1 heterocycles. The minimum absolute atomic E-state index is 0.251. The Hall–Kier alpha value is -3.41. The van der Waals surface area contributed by atoms with Crippen molar-refractivity contribution in [3.63, 3.8) is 0 Å². The van der Waals surface area contributed by atoms with Crippen LogP contribution in [0.3, 0.4) is 0 Å². The Morgan fingerprint density at radius 2 is 1.70 bits per heavy atom. The average molecular weight is 362 g/mol. The molecule has 2 N–H and O–H groups in total. The van der Waals surface area contributed by atoms with E-state index in [0.717, 1.165) is 28.3 Å². The van der Waals surface area contributed by atoms with E-state index in [0.29, 0.717) is 12.4 Å². The van der Waals surface area contributed by atoms with Crippen molar-refractivity contribution in [1.82, 2.24) is 10.2 Å². The van der Waals surface area contributed by atoms with Gasteiger partial charge in [0, 0.05) is 5.69 Å². The van der Waals surface area contributed by atoms with E-state index in [9.17, 15) is 4.79 Å². The van der Waals surface area contributed by atoms with E-state index in [1.807, 2.05) is 63.2 Å². The fraction of sp³-hybridized carbons (Fsp3) is 0.190. The first-order valence-corrected chi connectivity index (χ1v) is 8.78. The molecule has 0 saturated heterocycles. The number of para-hydroxylation sites is 3. The predicted molar refractivity (Wildman–Crippen MR) is 107 cm³/mol. The molecule has 0 aliphatic heterocycles. The second-order valence-corrected chi connectivity index (χ2v) is 6.08. The van der Waals surface area contributed by atoms with Crippen LogP contribution in [0.25, 0.3) is 0 Å². The lowest BCUT2D eigenvalue weighted by Crippen LogP contribution is -2.16. The van der Waals surface area contributed by atoms with E-state index < -0.39 is 0 Å². The molecule has 1 aromatic heterocycles. The zero-order valence-corrected chi connectivity index (χ0v) is 15.6. The molecule has 0 aliphatic rings. The summed E-state index contributed by atoms with van der Waals surface area (Å²) in [5, 5.41) is 14.2. The summed E-state index contributed by atoms with van der Waals surface area (Å²) in [4.78, 5) is 12.5. The smallest absolute Gasteiger partial charge is 0.276 e. The first kappa shape index (κ1) is 18.4. The summed E-state index contributed by atoms with van der Waals surface area (Å²) < 4.78 is 5.59. The summed E-state index contributed by atoms with van der Waals surface area (Å²) >= 11 is 0. The van der Waals surface area contributed by atoms with Crippen molar-refractivity contribution in [2.75, 3.05) is 17.2 Å². The predicted octanol–water partition coefficient (Wildman–Crippen LogP) is 4.49. The van der Waals surface area contributed by atoms with Gasteiger partial charge in [0.1, 0.15) is 5.75 Å². The topological polar surface area (TPSA) is 76.1 Å². The highest BCUT2D eigenvalue weighted by atomic mass is 16.5. The largest absolute Gasteiger partial charge is 0.492 e. The number of ether oxygens (including phenoxy) is 1. The maximum Gasteiger partial charge on any atom is 0.276 e. The molecule has 0 unspecified atom stereocenters. The summed E-state index contributed by atoms with van der Waals surface area (Å²) in [7, 11) is 0. The van der Waals surface area contributed by atoms with Crippen LogP contribution in [0.15, 0.2) is 54.6 Å². The molecule has 138 valence electrons. The Balaban J connectivity index is 1.73. The number of hydrogen-bond donors (Lipinski definition) is 2. The number of aromatic nitrogens is 2. The lowest BCUT2D eigenvalue weighted by molar-refractivity contribution is 0.102. The standard InChI is InChI=1S/C21H22N4O2/c1-4-27-18-11-6-5-10-16(18)22-19-13-12-17(24-25-19)21(26)23-20-14(2)8-7-9-15(20)3/h5-13H,4H2,1-3H3,(H,22,25)(H,23,26). The zero-order chi connectivity index (χ0) is 19.2. The molecular weight excluding hydrogens is 340 g/mol. The molecule has 0 radical (unpaired) electrons. The molecule has 0 fully saturated rings. The fourth-order valence-electron chi connectivity index (χ4n) is 2.70. The molecule has 0 atom stereocenters. The Kier molecular flexibility index (Phi) is 5.66. The van der Waals surface area contributed by atoms with Gasteiger partial charge >= 0.3 is 0 Å². The second kappa shape index (κ2) is 8.31. The van der Waals surface area contributed by atoms with Crippen LogP contribution in [0.5, 0.6) is 5.75 Å². The van der Waals surface area contributed by atoms with Crippen molar-refractivity contribution in [3.05, 3.63) is 71.4 Å². The van der Waals surface area contributed by atoms with Crippen LogP contribution < -0.4 is 15.4 Å². The SMILES string of the molecule is CCOc1ccccc1Nc1ccc(C(=O)Nc2c(C)cccc2C)nn1. The maximum atomic E-state index is 12.5. The van der Waals surface area contributed by atoms with Gasteiger partial charge in [-0.3, -0.25) is 4.79 Å². The number of carbonyl (C=O) groups excluding carboxylic acids is 1. The summed E-state index contributed by atoms with van der Waals surface area (Å²) in [6, 6.07) is 16.8. The highest BCUT2D eigenvalue weighted by molar-refractivity contribution is 6.03. The number of hydrogen-bond acceptors (Lipinski definition) is 5. The summed E-state index contributed by atoms with van der Waals surface area (Å²) in [6.07, 6.45) is 0. The number of carbonyl (C=O) groups is 1. The third kappa shape index (κ3) is 4.41. The van der Waals surface area contributed by atoms with Crippen LogP contribution in [-0.2, 0) is 0 Å². The summed E-state index contributed by atoms with van der Waals surface area (Å²) in [5.41, 5.74) is 3.85. The minimum Gasteiger partial charge on any atom is -0.492 e. The van der Waals surface area contributed by atoms with Gasteiger partial charge in [0.05, 0.1) is 12.3 Å². The first-order chi connectivity index (χ1) is 13.1. The van der Waals surface area contributed by atoms with Gasteiger partial charge in [0.2, 0.25) is 0 Å². The molecule has 0 aliphatic carbocycles. The molecule has 3 aromatic rings. The highest BCUT2D eigenvalue weighted by Gasteiger charge is 2.12. The van der Waals surface area contributed by atoms with E-state index in [4.69, 9.17) is 4.74 Å². The van der Waals surface area contributed by atoms with Gasteiger partial charge in [-0.15, -0.1) is 10.2 Å². The van der Waals surface area contributed by atoms with Gasteiger partial charge in [-0.2, -0.15) is 0 Å². The number of rotatable bonds is 6. The molecule has 6 nitrogen and oxygen atoms in total. The van der Waals surface area contributed by atoms with Crippen LogP contribution >= 0.6 is 0 Å². The Morgan fingerprint density at radius 1 is 0.963 bits per heavy atom. The molecule has 1 amide bonds. The van der Waals surface area contributed by atoms with Crippen LogP contribution in [0.4, 0.5) is 17.2 Å². The van der Waals surface area contributed by atoms with Crippen molar-refractivity contribution in [3.8, 4) is 5.75 Å². The molecule has 6 heteroatoms. The molecule has 0 bridgehead atoms. The van der Waals surface area contributed by atoms with E-state index >= 15 is 0 Å². The quantitative estimate of drug-likeness (QED) is 0.676. The van der Waals surface area contributed by atoms with E-state index in [1.165, 1.54) is 0 Å². The summed E-state index contributed by atoms with van der Waals surface area (Å²) in [6.45, 7) is 6.41. The summed E-state index contributed by atoms with van der Waals surface area (Å²) in [5.74, 6) is 0.977. The Labute approximate surface area is 158 Å². The lowest BCUT2D eigenvalue weighted by atomic mass is 10.1. The molecule has 3 rings (SSSR count). The van der Waals surface area contributed by atoms with Crippen molar-refractivity contribution >= 4 is 23.1 Å². The lowest BCUT2D eigenvalue weighted by Gasteiger charge is -2.12.